The van der Waals surface area contributed by atoms with Crippen LogP contribution in [0.25, 0.3) is 0 Å². The molecule has 23 heavy (non-hydrogen) atoms. The molecule has 0 saturated heterocycles. The second kappa shape index (κ2) is 8.76. The maximum absolute atomic E-state index is 11.7. The molecule has 1 atom stereocenters. The van der Waals surface area contributed by atoms with E-state index in [1.807, 2.05) is 43.5 Å². The second-order valence-electron chi connectivity index (χ2n) is 5.52. The zero-order valence-electron chi connectivity index (χ0n) is 13.5. The van der Waals surface area contributed by atoms with E-state index in [9.17, 15) is 9.90 Å². The minimum absolute atomic E-state index is 0.0313. The number of carbonyl (C=O) groups excluding carboxylic acids is 1. The minimum atomic E-state index is -0.538. The highest BCUT2D eigenvalue weighted by atomic mass is 32.1. The van der Waals surface area contributed by atoms with Gasteiger partial charge in [-0.15, -0.1) is 11.3 Å². The average molecular weight is 333 g/mol. The lowest BCUT2D eigenvalue weighted by molar-refractivity contribution is -0.120. The summed E-state index contributed by atoms with van der Waals surface area (Å²) in [6.07, 6.45) is -0.222. The number of aryl methyl sites for hydroxylation is 2. The van der Waals surface area contributed by atoms with E-state index >= 15 is 0 Å². The molecule has 1 unspecified atom stereocenters. The molecule has 0 fully saturated rings. The first-order valence-corrected chi connectivity index (χ1v) is 8.55. The number of benzene rings is 1. The van der Waals surface area contributed by atoms with Crippen LogP contribution in [-0.2, 0) is 11.2 Å². The van der Waals surface area contributed by atoms with Gasteiger partial charge in [0.15, 0.2) is 0 Å². The smallest absolute Gasteiger partial charge is 0.226 e. The Hall–Kier alpha value is -1.76. The van der Waals surface area contributed by atoms with Gasteiger partial charge in [0, 0.05) is 25.0 Å². The maximum Gasteiger partial charge on any atom is 0.226 e. The fraction of sp³-hybridized carbons (Fsp3) is 0.412. The van der Waals surface area contributed by atoms with Crippen molar-refractivity contribution in [1.29, 1.82) is 0 Å². The standard InChI is InChI=1S/C17H23N3O2S/c1-12-3-5-14(6-4-12)16(21)10-18-7-8-19-17(22)9-15-11-23-13(2)20-15/h3-6,11,16,18,21H,7-10H2,1-2H3,(H,19,22). The highest BCUT2D eigenvalue weighted by Crippen LogP contribution is 2.12. The molecule has 0 aliphatic carbocycles. The molecule has 1 amide bonds. The number of hydrogen-bond acceptors (Lipinski definition) is 5. The van der Waals surface area contributed by atoms with Crippen LogP contribution in [0.5, 0.6) is 0 Å². The predicted molar refractivity (Wildman–Crippen MR) is 92.6 cm³/mol. The van der Waals surface area contributed by atoms with Crippen molar-refractivity contribution in [3.8, 4) is 0 Å². The maximum atomic E-state index is 11.7. The summed E-state index contributed by atoms with van der Waals surface area (Å²) >= 11 is 1.55. The van der Waals surface area contributed by atoms with E-state index in [0.717, 1.165) is 16.3 Å². The van der Waals surface area contributed by atoms with E-state index in [1.165, 1.54) is 5.56 Å². The third kappa shape index (κ3) is 6.09. The molecular weight excluding hydrogens is 310 g/mol. The first-order valence-electron chi connectivity index (χ1n) is 7.67. The molecular formula is C17H23N3O2S. The lowest BCUT2D eigenvalue weighted by Crippen LogP contribution is -2.34. The largest absolute Gasteiger partial charge is 0.387 e. The number of aliphatic hydroxyl groups excluding tert-OH is 1. The highest BCUT2D eigenvalue weighted by Gasteiger charge is 2.07. The van der Waals surface area contributed by atoms with Gasteiger partial charge in [0.2, 0.25) is 5.91 Å². The molecule has 6 heteroatoms. The Morgan fingerprint density at radius 1 is 1.26 bits per heavy atom. The molecule has 0 aliphatic rings. The average Bonchev–Trinajstić information content (AvgIpc) is 2.92. The van der Waals surface area contributed by atoms with Crippen molar-refractivity contribution in [2.24, 2.45) is 0 Å². The Kier molecular flexibility index (Phi) is 6.70. The monoisotopic (exact) mass is 333 g/mol. The highest BCUT2D eigenvalue weighted by molar-refractivity contribution is 7.09. The first kappa shape index (κ1) is 17.6. The van der Waals surface area contributed by atoms with E-state index in [0.29, 0.717) is 26.1 Å². The lowest BCUT2D eigenvalue weighted by atomic mass is 10.1. The Labute approximate surface area is 140 Å². The summed E-state index contributed by atoms with van der Waals surface area (Å²) in [5, 5.41) is 18.9. The third-order valence-corrected chi connectivity index (χ3v) is 4.25. The second-order valence-corrected chi connectivity index (χ2v) is 6.58. The lowest BCUT2D eigenvalue weighted by Gasteiger charge is -2.12. The predicted octanol–water partition coefficient (Wildman–Crippen LogP) is 1.74. The van der Waals surface area contributed by atoms with E-state index < -0.39 is 6.10 Å². The van der Waals surface area contributed by atoms with Crippen molar-refractivity contribution in [2.75, 3.05) is 19.6 Å². The van der Waals surface area contributed by atoms with Gasteiger partial charge in [-0.05, 0) is 19.4 Å². The molecule has 0 radical (unpaired) electrons. The molecule has 0 aliphatic heterocycles. The van der Waals surface area contributed by atoms with Crippen molar-refractivity contribution < 1.29 is 9.90 Å². The van der Waals surface area contributed by atoms with Crippen LogP contribution < -0.4 is 10.6 Å². The number of thiazole rings is 1. The van der Waals surface area contributed by atoms with Crippen LogP contribution >= 0.6 is 11.3 Å². The van der Waals surface area contributed by atoms with Crippen LogP contribution in [0.15, 0.2) is 29.6 Å². The van der Waals surface area contributed by atoms with Crippen molar-refractivity contribution in [3.05, 3.63) is 51.5 Å². The Balaban J connectivity index is 1.60. The summed E-state index contributed by atoms with van der Waals surface area (Å²) in [5.41, 5.74) is 2.88. The number of aromatic nitrogens is 1. The summed E-state index contributed by atoms with van der Waals surface area (Å²) in [6.45, 7) is 5.55. The topological polar surface area (TPSA) is 74.2 Å². The first-order chi connectivity index (χ1) is 11.0. The molecule has 1 heterocycles. The van der Waals surface area contributed by atoms with Gasteiger partial charge in [-0.1, -0.05) is 29.8 Å². The SMILES string of the molecule is Cc1ccc(C(O)CNCCNC(=O)Cc2csc(C)n2)cc1. The molecule has 124 valence electrons. The number of hydrogen-bond donors (Lipinski definition) is 3. The van der Waals surface area contributed by atoms with Crippen molar-refractivity contribution in [3.63, 3.8) is 0 Å². The summed E-state index contributed by atoms with van der Waals surface area (Å²) in [5.74, 6) is -0.0313. The normalized spacial score (nSPS) is 12.1. The number of aliphatic hydroxyl groups is 1. The summed E-state index contributed by atoms with van der Waals surface area (Å²) in [4.78, 5) is 16.0. The molecule has 0 spiro atoms. The minimum Gasteiger partial charge on any atom is -0.387 e. The number of rotatable bonds is 8. The Morgan fingerprint density at radius 3 is 2.65 bits per heavy atom. The van der Waals surface area contributed by atoms with Crippen LogP contribution in [0.3, 0.4) is 0 Å². The summed E-state index contributed by atoms with van der Waals surface area (Å²) < 4.78 is 0. The van der Waals surface area contributed by atoms with E-state index in [4.69, 9.17) is 0 Å². The molecule has 0 bridgehead atoms. The fourth-order valence-electron chi connectivity index (χ4n) is 2.15. The number of amides is 1. The van der Waals surface area contributed by atoms with Gasteiger partial charge in [-0.25, -0.2) is 4.98 Å². The van der Waals surface area contributed by atoms with Crippen molar-refractivity contribution in [1.82, 2.24) is 15.6 Å². The molecule has 1 aromatic carbocycles. The zero-order chi connectivity index (χ0) is 16.7. The van der Waals surface area contributed by atoms with Crippen LogP contribution in [0.2, 0.25) is 0 Å². The fourth-order valence-corrected chi connectivity index (χ4v) is 2.76. The summed E-state index contributed by atoms with van der Waals surface area (Å²) in [7, 11) is 0. The van der Waals surface area contributed by atoms with Crippen LogP contribution in [0.1, 0.15) is 27.9 Å². The zero-order valence-corrected chi connectivity index (χ0v) is 14.3. The van der Waals surface area contributed by atoms with Crippen molar-refractivity contribution >= 4 is 17.2 Å². The Bertz CT molecular complexity index is 625. The van der Waals surface area contributed by atoms with E-state index in [2.05, 4.69) is 15.6 Å². The van der Waals surface area contributed by atoms with Gasteiger partial charge < -0.3 is 15.7 Å². The molecule has 0 saturated carbocycles. The van der Waals surface area contributed by atoms with Gasteiger partial charge in [0.1, 0.15) is 0 Å². The van der Waals surface area contributed by atoms with Gasteiger partial charge in [0.05, 0.1) is 23.2 Å². The van der Waals surface area contributed by atoms with Crippen molar-refractivity contribution in [2.45, 2.75) is 26.4 Å². The van der Waals surface area contributed by atoms with Gasteiger partial charge in [-0.3, -0.25) is 4.79 Å². The number of carbonyl (C=O) groups is 1. The molecule has 5 nitrogen and oxygen atoms in total. The summed E-state index contributed by atoms with van der Waals surface area (Å²) in [6, 6.07) is 7.83. The van der Waals surface area contributed by atoms with Gasteiger partial charge in [-0.2, -0.15) is 0 Å². The third-order valence-electron chi connectivity index (χ3n) is 3.43. The molecule has 1 aromatic heterocycles. The van der Waals surface area contributed by atoms with E-state index in [1.54, 1.807) is 11.3 Å². The van der Waals surface area contributed by atoms with E-state index in [-0.39, 0.29) is 5.91 Å². The van der Waals surface area contributed by atoms with Gasteiger partial charge in [0.25, 0.3) is 0 Å². The molecule has 3 N–H and O–H groups in total. The number of nitrogens with one attached hydrogen (secondary N) is 2. The molecule has 2 rings (SSSR count). The van der Waals surface area contributed by atoms with Crippen LogP contribution in [0, 0.1) is 13.8 Å². The molecule has 2 aromatic rings. The van der Waals surface area contributed by atoms with Crippen LogP contribution in [-0.4, -0.2) is 35.6 Å². The van der Waals surface area contributed by atoms with Crippen LogP contribution in [0.4, 0.5) is 0 Å². The number of nitrogens with zero attached hydrogens (tertiary/aromatic N) is 1. The quantitative estimate of drug-likeness (QED) is 0.643. The Morgan fingerprint density at radius 2 is 2.00 bits per heavy atom. The van der Waals surface area contributed by atoms with Gasteiger partial charge >= 0.3 is 0 Å².